The number of aromatic nitrogens is 1. The van der Waals surface area contributed by atoms with E-state index < -0.39 is 0 Å². The summed E-state index contributed by atoms with van der Waals surface area (Å²) in [5.41, 5.74) is 11.8. The Hall–Kier alpha value is -0.970. The number of rotatable bonds is 3. The quantitative estimate of drug-likeness (QED) is 0.820. The van der Waals surface area contributed by atoms with Gasteiger partial charge in [0.1, 0.15) is 0 Å². The molecule has 0 aromatic carbocycles. The molecule has 1 atom stereocenters. The molecule has 1 unspecified atom stereocenters. The van der Waals surface area contributed by atoms with Gasteiger partial charge in [-0.25, -0.2) is 0 Å². The molecule has 1 fully saturated rings. The maximum absolute atomic E-state index is 5.56. The minimum Gasteiger partial charge on any atom is -0.329 e. The molecule has 0 radical (unpaired) electrons. The lowest BCUT2D eigenvalue weighted by molar-refractivity contribution is 0.272. The summed E-state index contributed by atoms with van der Waals surface area (Å²) < 4.78 is 0. The van der Waals surface area contributed by atoms with Crippen molar-refractivity contribution >= 4 is 0 Å². The Balaban J connectivity index is 0.000000171. The van der Waals surface area contributed by atoms with Gasteiger partial charge in [0.2, 0.25) is 0 Å². The maximum atomic E-state index is 5.56. The van der Waals surface area contributed by atoms with Crippen LogP contribution in [0, 0.1) is 0 Å². The monoisotopic (exact) mass is 236 g/mol. The highest BCUT2D eigenvalue weighted by Gasteiger charge is 2.20. The first kappa shape index (κ1) is 14.1. The van der Waals surface area contributed by atoms with E-state index in [9.17, 15) is 0 Å². The lowest BCUT2D eigenvalue weighted by atomic mass is 10.2. The van der Waals surface area contributed by atoms with Crippen molar-refractivity contribution in [3.05, 3.63) is 30.1 Å². The third kappa shape index (κ3) is 4.81. The van der Waals surface area contributed by atoms with Crippen LogP contribution in [0.3, 0.4) is 0 Å². The van der Waals surface area contributed by atoms with Gasteiger partial charge in [-0.1, -0.05) is 13.0 Å². The van der Waals surface area contributed by atoms with Crippen LogP contribution < -0.4 is 11.5 Å². The number of likely N-dealkylation sites (tertiary alicyclic amines) is 1. The third-order valence-electron chi connectivity index (χ3n) is 3.11. The first-order valence-corrected chi connectivity index (χ1v) is 6.35. The molecule has 0 spiro atoms. The van der Waals surface area contributed by atoms with Crippen molar-refractivity contribution < 1.29 is 0 Å². The van der Waals surface area contributed by atoms with E-state index in [1.165, 1.54) is 25.9 Å². The van der Waals surface area contributed by atoms with Gasteiger partial charge in [0, 0.05) is 25.3 Å². The molecule has 17 heavy (non-hydrogen) atoms. The highest BCUT2D eigenvalue weighted by Crippen LogP contribution is 2.14. The van der Waals surface area contributed by atoms with Crippen LogP contribution in [0.5, 0.6) is 0 Å². The van der Waals surface area contributed by atoms with Crippen molar-refractivity contribution in [2.24, 2.45) is 11.5 Å². The van der Waals surface area contributed by atoms with E-state index in [1.54, 1.807) is 6.20 Å². The van der Waals surface area contributed by atoms with E-state index in [2.05, 4.69) is 16.8 Å². The third-order valence-corrected chi connectivity index (χ3v) is 3.11. The SMILES string of the molecule is CCN1CCCC1CN.NCc1ccccn1. The van der Waals surface area contributed by atoms with E-state index in [0.717, 1.165) is 12.2 Å². The molecule has 0 amide bonds. The van der Waals surface area contributed by atoms with Gasteiger partial charge in [0.05, 0.1) is 5.69 Å². The normalized spacial score (nSPS) is 19.8. The fourth-order valence-electron chi connectivity index (χ4n) is 2.10. The van der Waals surface area contributed by atoms with Gasteiger partial charge in [-0.05, 0) is 38.1 Å². The zero-order chi connectivity index (χ0) is 12.5. The zero-order valence-corrected chi connectivity index (χ0v) is 10.7. The Morgan fingerprint density at radius 3 is 2.65 bits per heavy atom. The molecule has 4 N–H and O–H groups in total. The predicted octanol–water partition coefficient (Wildman–Crippen LogP) is 0.970. The molecule has 2 heterocycles. The lowest BCUT2D eigenvalue weighted by Crippen LogP contribution is -2.34. The summed E-state index contributed by atoms with van der Waals surface area (Å²) in [5.74, 6) is 0. The van der Waals surface area contributed by atoms with Crippen molar-refractivity contribution in [2.75, 3.05) is 19.6 Å². The van der Waals surface area contributed by atoms with E-state index in [4.69, 9.17) is 11.5 Å². The van der Waals surface area contributed by atoms with Crippen molar-refractivity contribution in [3.63, 3.8) is 0 Å². The molecule has 1 aromatic rings. The molecule has 1 aliphatic heterocycles. The van der Waals surface area contributed by atoms with Gasteiger partial charge in [-0.15, -0.1) is 0 Å². The second-order valence-corrected chi connectivity index (χ2v) is 4.19. The molecule has 0 aliphatic carbocycles. The minimum absolute atomic E-state index is 0.529. The Bertz CT molecular complexity index is 279. The van der Waals surface area contributed by atoms with Crippen LogP contribution in [0.15, 0.2) is 24.4 Å². The summed E-state index contributed by atoms with van der Waals surface area (Å²) in [6, 6.07) is 6.39. The Labute approximate surface area is 104 Å². The number of hydrogen-bond donors (Lipinski definition) is 2. The fraction of sp³-hybridized carbons (Fsp3) is 0.615. The summed E-state index contributed by atoms with van der Waals surface area (Å²) in [7, 11) is 0. The molecule has 2 rings (SSSR count). The topological polar surface area (TPSA) is 68.2 Å². The number of likely N-dealkylation sites (N-methyl/N-ethyl adjacent to an activating group) is 1. The van der Waals surface area contributed by atoms with Crippen molar-refractivity contribution in [1.82, 2.24) is 9.88 Å². The van der Waals surface area contributed by atoms with Crippen LogP contribution in [-0.4, -0.2) is 35.6 Å². The minimum atomic E-state index is 0.529. The molecule has 0 saturated carbocycles. The fourth-order valence-corrected chi connectivity index (χ4v) is 2.10. The smallest absolute Gasteiger partial charge is 0.0539 e. The van der Waals surface area contributed by atoms with E-state index >= 15 is 0 Å². The maximum Gasteiger partial charge on any atom is 0.0539 e. The molecule has 4 nitrogen and oxygen atoms in total. The van der Waals surface area contributed by atoms with Crippen LogP contribution in [0.1, 0.15) is 25.5 Å². The number of nitrogens with two attached hydrogens (primary N) is 2. The summed E-state index contributed by atoms with van der Waals surface area (Å²) in [6.45, 7) is 6.00. The summed E-state index contributed by atoms with van der Waals surface area (Å²) in [6.07, 6.45) is 4.39. The van der Waals surface area contributed by atoms with Crippen LogP contribution in [-0.2, 0) is 6.54 Å². The van der Waals surface area contributed by atoms with Gasteiger partial charge < -0.3 is 11.5 Å². The average molecular weight is 236 g/mol. The molecule has 0 bridgehead atoms. The van der Waals surface area contributed by atoms with Crippen molar-refractivity contribution in [2.45, 2.75) is 32.4 Å². The van der Waals surface area contributed by atoms with E-state index in [-0.39, 0.29) is 0 Å². The largest absolute Gasteiger partial charge is 0.329 e. The highest BCUT2D eigenvalue weighted by molar-refractivity contribution is 5.02. The number of nitrogens with zero attached hydrogens (tertiary/aromatic N) is 2. The number of pyridine rings is 1. The second kappa shape index (κ2) is 8.17. The van der Waals surface area contributed by atoms with Gasteiger partial charge in [0.25, 0.3) is 0 Å². The summed E-state index contributed by atoms with van der Waals surface area (Å²) >= 11 is 0. The summed E-state index contributed by atoms with van der Waals surface area (Å²) in [5, 5.41) is 0. The molecule has 96 valence electrons. The van der Waals surface area contributed by atoms with Crippen molar-refractivity contribution in [3.8, 4) is 0 Å². The van der Waals surface area contributed by atoms with Crippen LogP contribution in [0.2, 0.25) is 0 Å². The highest BCUT2D eigenvalue weighted by atomic mass is 15.2. The molecule has 4 heteroatoms. The molecule has 1 aliphatic rings. The first-order valence-electron chi connectivity index (χ1n) is 6.35. The average Bonchev–Trinajstić information content (AvgIpc) is 2.88. The molecular weight excluding hydrogens is 212 g/mol. The lowest BCUT2D eigenvalue weighted by Gasteiger charge is -2.20. The molecule has 1 saturated heterocycles. The Kier molecular flexibility index (Phi) is 6.77. The summed E-state index contributed by atoms with van der Waals surface area (Å²) in [4.78, 5) is 6.43. The number of hydrogen-bond acceptors (Lipinski definition) is 4. The van der Waals surface area contributed by atoms with Crippen molar-refractivity contribution in [1.29, 1.82) is 0 Å². The van der Waals surface area contributed by atoms with Gasteiger partial charge in [-0.2, -0.15) is 0 Å². The predicted molar refractivity (Wildman–Crippen MR) is 71.5 cm³/mol. The standard InChI is InChI=1S/C7H16N2.C6H8N2/c1-2-9-5-3-4-7(9)6-8;7-5-6-3-1-2-4-8-6/h7H,2-6,8H2,1H3;1-4H,5,7H2. The van der Waals surface area contributed by atoms with Crippen LogP contribution in [0.25, 0.3) is 0 Å². The Morgan fingerprint density at radius 1 is 1.41 bits per heavy atom. The molecular formula is C13H24N4. The van der Waals surface area contributed by atoms with Crippen LogP contribution in [0.4, 0.5) is 0 Å². The van der Waals surface area contributed by atoms with Crippen LogP contribution >= 0.6 is 0 Å². The van der Waals surface area contributed by atoms with E-state index in [0.29, 0.717) is 12.6 Å². The van der Waals surface area contributed by atoms with Gasteiger partial charge in [-0.3, -0.25) is 9.88 Å². The zero-order valence-electron chi connectivity index (χ0n) is 10.7. The Morgan fingerprint density at radius 2 is 2.24 bits per heavy atom. The first-order chi connectivity index (χ1) is 8.31. The van der Waals surface area contributed by atoms with E-state index in [1.807, 2.05) is 18.2 Å². The van der Waals surface area contributed by atoms with Gasteiger partial charge in [0.15, 0.2) is 0 Å². The molecule has 1 aromatic heterocycles. The second-order valence-electron chi connectivity index (χ2n) is 4.19. The van der Waals surface area contributed by atoms with Gasteiger partial charge >= 0.3 is 0 Å².